The fourth-order valence-electron chi connectivity index (χ4n) is 1.47. The number of carbonyl (C=O) groups excluding carboxylic acids is 1. The zero-order valence-electron chi connectivity index (χ0n) is 7.94. The molecule has 2 aromatic heterocycles. The smallest absolute Gasteiger partial charge is 0.323 e. The van der Waals surface area contributed by atoms with Gasteiger partial charge in [0.25, 0.3) is 5.56 Å². The average molecular weight is 218 g/mol. The Balaban J connectivity index is 3.01. The second-order valence-corrected chi connectivity index (χ2v) is 3.65. The lowest BCUT2D eigenvalue weighted by atomic mass is 10.2. The van der Waals surface area contributed by atoms with Crippen LogP contribution in [0.25, 0.3) is 11.2 Å². The van der Waals surface area contributed by atoms with E-state index in [1.807, 2.05) is 0 Å². The number of ketones is 1. The highest BCUT2D eigenvalue weighted by Crippen LogP contribution is 2.22. The van der Waals surface area contributed by atoms with Crippen molar-refractivity contribution < 1.29 is 4.79 Å². The van der Waals surface area contributed by atoms with E-state index in [4.69, 9.17) is 5.73 Å². The topological polar surface area (TPSA) is 93.8 Å². The maximum absolute atomic E-state index is 11.4. The van der Waals surface area contributed by atoms with Gasteiger partial charge in [-0.25, -0.2) is 4.98 Å². The lowest BCUT2D eigenvalue weighted by Crippen LogP contribution is -2.06. The van der Waals surface area contributed by atoms with Crippen LogP contribution in [0, 0.1) is 0 Å². The van der Waals surface area contributed by atoms with E-state index in [1.165, 1.54) is 10.5 Å². The molecule has 0 aliphatic heterocycles. The fraction of sp³-hybridized carbons (Fsp3) is 0.125. The Hall–Kier alpha value is -1.58. The number of hydrogen-bond acceptors (Lipinski definition) is 4. The van der Waals surface area contributed by atoms with E-state index in [2.05, 4.69) is 26.5 Å². The summed E-state index contributed by atoms with van der Waals surface area (Å²) < 4.78 is 1.49. The molecular weight excluding hydrogens is 211 g/mol. The Morgan fingerprint density at radius 1 is 1.67 bits per heavy atom. The van der Waals surface area contributed by atoms with Crippen molar-refractivity contribution in [1.29, 1.82) is 0 Å². The first kappa shape index (κ1) is 9.96. The molecule has 6 nitrogen and oxygen atoms in total. The normalized spacial score (nSPS) is 10.7. The van der Waals surface area contributed by atoms with Crippen molar-refractivity contribution in [3.63, 3.8) is 0 Å². The number of hydrogen-bond donors (Lipinski definition) is 2. The number of aromatic nitrogens is 3. The number of rotatable bonds is 1. The lowest BCUT2D eigenvalue weighted by Gasteiger charge is -1.98. The van der Waals surface area contributed by atoms with Crippen molar-refractivity contribution in [1.82, 2.24) is 13.5 Å². The molecule has 0 bridgehead atoms. The molecule has 2 rings (SSSR count). The molecule has 0 fully saturated rings. The summed E-state index contributed by atoms with van der Waals surface area (Å²) in [6.45, 7) is 1.39. The summed E-state index contributed by atoms with van der Waals surface area (Å²) >= 11 is 2.34. The highest BCUT2D eigenvalue weighted by Gasteiger charge is 2.16. The van der Waals surface area contributed by atoms with Gasteiger partial charge < -0.3 is 14.3 Å². The fourth-order valence-corrected chi connectivity index (χ4v) is 1.80. The van der Waals surface area contributed by atoms with Crippen molar-refractivity contribution in [2.75, 3.05) is 5.73 Å². The van der Waals surface area contributed by atoms with Crippen LogP contribution >= 0.6 is 0 Å². The van der Waals surface area contributed by atoms with Crippen LogP contribution in [0.1, 0.15) is 17.3 Å². The van der Waals surface area contributed by atoms with Gasteiger partial charge in [0.1, 0.15) is 5.65 Å². The van der Waals surface area contributed by atoms with Crippen LogP contribution in [0.5, 0.6) is 0 Å². The molecule has 7 heteroatoms. The summed E-state index contributed by atoms with van der Waals surface area (Å²) in [4.78, 5) is 28.9. The van der Waals surface area contributed by atoms with Crippen LogP contribution in [0.3, 0.4) is 0 Å². The largest absolute Gasteiger partial charge is 0.423 e. The molecule has 0 amide bonds. The Kier molecular flexibility index (Phi) is 2.14. The third-order valence-corrected chi connectivity index (χ3v) is 2.64. The maximum atomic E-state index is 11.4. The van der Waals surface area contributed by atoms with Crippen molar-refractivity contribution in [3.8, 4) is 0 Å². The molecule has 2 aromatic rings. The molecule has 0 saturated heterocycles. The Labute approximate surface area is 92.7 Å². The van der Waals surface area contributed by atoms with Gasteiger partial charge in [0, 0.05) is 0 Å². The van der Waals surface area contributed by atoms with E-state index in [0.717, 1.165) is 6.20 Å². The van der Waals surface area contributed by atoms with Crippen LogP contribution in [-0.2, 0) is 0 Å². The van der Waals surface area contributed by atoms with E-state index in [9.17, 15) is 9.59 Å². The summed E-state index contributed by atoms with van der Waals surface area (Å²) in [5.41, 5.74) is 6.50. The van der Waals surface area contributed by atoms with E-state index >= 15 is 0 Å². The van der Waals surface area contributed by atoms with Gasteiger partial charge in [0.05, 0.1) is 23.1 Å². The average Bonchev–Trinajstić information content (AvgIpc) is 2.39. The number of aromatic amines is 1. The Morgan fingerprint density at radius 2 is 2.33 bits per heavy atom. The molecule has 0 aliphatic rings. The number of nitrogens with zero attached hydrogens (tertiary/aromatic N) is 2. The summed E-state index contributed by atoms with van der Waals surface area (Å²) in [6, 6.07) is 0. The third-order valence-electron chi connectivity index (χ3n) is 2.12. The van der Waals surface area contributed by atoms with Crippen LogP contribution in [0.15, 0.2) is 11.0 Å². The molecular formula is C8H7AlN4O2. The number of nitrogen functional groups attached to an aromatic ring is 1. The van der Waals surface area contributed by atoms with Gasteiger partial charge in [-0.05, 0) is 6.92 Å². The number of fused-ring (bicyclic) bond motifs is 1. The molecule has 0 spiro atoms. The predicted molar refractivity (Wildman–Crippen MR) is 55.9 cm³/mol. The SMILES string of the molecule is CC(=O)c1c(N)[n]([Al])c2ncc(=O)[nH]c12. The van der Waals surface area contributed by atoms with Gasteiger partial charge in [-0.15, -0.1) is 0 Å². The standard InChI is InChI=1S/C8H8N4O2.Al/c1-3(13)5-6-8(12-7(5)9)10-2-4(14)11-6;/h2H,1H3,(H4,9,10,11,12,13,14);/q;+1/p-1. The minimum Gasteiger partial charge on any atom is -0.423 e. The van der Waals surface area contributed by atoms with E-state index < -0.39 is 0 Å². The van der Waals surface area contributed by atoms with E-state index in [1.54, 1.807) is 0 Å². The Morgan fingerprint density at radius 3 is 2.93 bits per heavy atom. The highest BCUT2D eigenvalue weighted by molar-refractivity contribution is 6.19. The molecule has 15 heavy (non-hydrogen) atoms. The van der Waals surface area contributed by atoms with Crippen LogP contribution < -0.4 is 11.3 Å². The summed E-state index contributed by atoms with van der Waals surface area (Å²) in [7, 11) is 0. The van der Waals surface area contributed by atoms with E-state index in [0.29, 0.717) is 16.7 Å². The van der Waals surface area contributed by atoms with Gasteiger partial charge in [-0.3, -0.25) is 9.59 Å². The first-order valence-corrected chi connectivity index (χ1v) is 4.69. The van der Waals surface area contributed by atoms with E-state index in [-0.39, 0.29) is 17.2 Å². The molecule has 2 radical (unpaired) electrons. The predicted octanol–water partition coefficient (Wildman–Crippen LogP) is -0.559. The monoisotopic (exact) mass is 218 g/mol. The van der Waals surface area contributed by atoms with Crippen molar-refractivity contribution in [3.05, 3.63) is 22.1 Å². The second-order valence-electron chi connectivity index (χ2n) is 3.13. The molecule has 2 heterocycles. The number of nitrogens with one attached hydrogen (secondary N) is 1. The number of carbonyl (C=O) groups is 1. The maximum Gasteiger partial charge on any atom is 0.323 e. The minimum atomic E-state index is -0.361. The highest BCUT2D eigenvalue weighted by atomic mass is 27.1. The molecule has 3 N–H and O–H groups in total. The summed E-state index contributed by atoms with van der Waals surface area (Å²) in [5.74, 6) is 0.0687. The van der Waals surface area contributed by atoms with Crippen molar-refractivity contribution in [2.24, 2.45) is 0 Å². The van der Waals surface area contributed by atoms with Crippen molar-refractivity contribution in [2.45, 2.75) is 6.92 Å². The zero-order valence-corrected chi connectivity index (χ0v) is 9.10. The quantitative estimate of drug-likeness (QED) is 0.495. The number of anilines is 1. The molecule has 74 valence electrons. The first-order chi connectivity index (χ1) is 7.02. The van der Waals surface area contributed by atoms with Crippen LogP contribution in [-0.4, -0.2) is 35.8 Å². The Bertz CT molecular complexity index is 613. The summed E-state index contributed by atoms with van der Waals surface area (Å²) in [5, 5.41) is 0. The van der Waals surface area contributed by atoms with Gasteiger partial charge >= 0.3 is 16.5 Å². The minimum absolute atomic E-state index is 0.206. The summed E-state index contributed by atoms with van der Waals surface area (Å²) in [6.07, 6.45) is 1.15. The number of Topliss-reactive ketones (excluding diaryl/α,β-unsaturated/α-hetero) is 1. The molecule has 0 atom stereocenters. The van der Waals surface area contributed by atoms with Gasteiger partial charge in [-0.2, -0.15) is 0 Å². The molecule has 0 aromatic carbocycles. The van der Waals surface area contributed by atoms with Gasteiger partial charge in [0.2, 0.25) is 0 Å². The first-order valence-electron chi connectivity index (χ1n) is 4.17. The van der Waals surface area contributed by atoms with Crippen LogP contribution in [0.2, 0.25) is 0 Å². The van der Waals surface area contributed by atoms with Crippen molar-refractivity contribution >= 4 is 39.3 Å². The van der Waals surface area contributed by atoms with Crippen LogP contribution in [0.4, 0.5) is 5.82 Å². The van der Waals surface area contributed by atoms with Gasteiger partial charge in [-0.1, -0.05) is 0 Å². The zero-order chi connectivity index (χ0) is 11.2. The second kappa shape index (κ2) is 3.22. The number of nitrogens with two attached hydrogens (primary N) is 1. The van der Waals surface area contributed by atoms with Gasteiger partial charge in [0.15, 0.2) is 5.78 Å². The molecule has 0 saturated carbocycles. The lowest BCUT2D eigenvalue weighted by molar-refractivity contribution is 0.102. The molecule has 0 aliphatic carbocycles. The number of H-pyrrole nitrogens is 1. The third kappa shape index (κ3) is 1.37. The molecule has 0 unspecified atom stereocenters.